The van der Waals surface area contributed by atoms with Crippen molar-refractivity contribution in [3.63, 3.8) is 0 Å². The predicted molar refractivity (Wildman–Crippen MR) is 62.7 cm³/mol. The number of ether oxygens (including phenoxy) is 1. The predicted octanol–water partition coefficient (Wildman–Crippen LogP) is 1.56. The molecule has 0 saturated heterocycles. The second-order valence-electron chi connectivity index (χ2n) is 3.26. The molecular formula is C12H16N2O2. The fourth-order valence-electron chi connectivity index (χ4n) is 1.15. The number of hydrogen-bond acceptors (Lipinski definition) is 3. The Kier molecular flexibility index (Phi) is 5.08. The summed E-state index contributed by atoms with van der Waals surface area (Å²) in [5, 5.41) is 2.63. The van der Waals surface area contributed by atoms with Crippen LogP contribution in [0.5, 0.6) is 0 Å². The molecule has 0 aromatic heterocycles. The van der Waals surface area contributed by atoms with E-state index in [0.717, 1.165) is 11.1 Å². The van der Waals surface area contributed by atoms with E-state index < -0.39 is 6.09 Å². The molecule has 0 saturated carbocycles. The Balaban J connectivity index is 2.36. The molecule has 0 bridgehead atoms. The first-order valence-electron chi connectivity index (χ1n) is 5.05. The standard InChI is InChI=1S/C12H16N2O2/c1-2-7-16-12(15)14-9-11-5-3-10(8-13)4-6-11/h2-6H,1,7-9,13H2,(H,14,15). The van der Waals surface area contributed by atoms with E-state index in [1.807, 2.05) is 24.3 Å². The van der Waals surface area contributed by atoms with Crippen molar-refractivity contribution in [1.82, 2.24) is 5.32 Å². The Hall–Kier alpha value is -1.81. The molecule has 0 atom stereocenters. The average Bonchev–Trinajstić information content (AvgIpc) is 2.34. The largest absolute Gasteiger partial charge is 0.445 e. The van der Waals surface area contributed by atoms with E-state index in [1.54, 1.807) is 0 Å². The summed E-state index contributed by atoms with van der Waals surface area (Å²) in [4.78, 5) is 11.1. The van der Waals surface area contributed by atoms with Crippen molar-refractivity contribution in [2.24, 2.45) is 5.73 Å². The van der Waals surface area contributed by atoms with Crippen molar-refractivity contribution < 1.29 is 9.53 Å². The van der Waals surface area contributed by atoms with Gasteiger partial charge in [0.25, 0.3) is 0 Å². The first-order valence-corrected chi connectivity index (χ1v) is 5.05. The summed E-state index contributed by atoms with van der Waals surface area (Å²) in [6, 6.07) is 7.73. The van der Waals surface area contributed by atoms with Crippen LogP contribution in [0, 0.1) is 0 Å². The van der Waals surface area contributed by atoms with E-state index >= 15 is 0 Å². The lowest BCUT2D eigenvalue weighted by Crippen LogP contribution is -2.23. The molecule has 3 N–H and O–H groups in total. The summed E-state index contributed by atoms with van der Waals surface area (Å²) in [6.45, 7) is 4.64. The summed E-state index contributed by atoms with van der Waals surface area (Å²) in [5.41, 5.74) is 7.55. The highest BCUT2D eigenvalue weighted by molar-refractivity contribution is 5.67. The van der Waals surface area contributed by atoms with E-state index in [-0.39, 0.29) is 6.61 Å². The van der Waals surface area contributed by atoms with Gasteiger partial charge in [0.15, 0.2) is 0 Å². The molecule has 4 nitrogen and oxygen atoms in total. The Morgan fingerprint density at radius 1 is 1.38 bits per heavy atom. The van der Waals surface area contributed by atoms with Gasteiger partial charge < -0.3 is 15.8 Å². The summed E-state index contributed by atoms with van der Waals surface area (Å²) in [6.07, 6.45) is 1.08. The molecule has 1 aromatic carbocycles. The molecule has 0 heterocycles. The number of carbonyl (C=O) groups is 1. The fraction of sp³-hybridized carbons (Fsp3) is 0.250. The number of amides is 1. The molecule has 0 unspecified atom stereocenters. The van der Waals surface area contributed by atoms with Crippen LogP contribution in [0.1, 0.15) is 11.1 Å². The summed E-state index contributed by atoms with van der Waals surface area (Å²) < 4.78 is 4.77. The average molecular weight is 220 g/mol. The number of nitrogens with two attached hydrogens (primary N) is 1. The lowest BCUT2D eigenvalue weighted by molar-refractivity contribution is 0.158. The van der Waals surface area contributed by atoms with Gasteiger partial charge in [-0.15, -0.1) is 0 Å². The Labute approximate surface area is 95.1 Å². The molecule has 0 aliphatic carbocycles. The first kappa shape index (κ1) is 12.3. The van der Waals surface area contributed by atoms with Crippen molar-refractivity contribution in [3.8, 4) is 0 Å². The second-order valence-corrected chi connectivity index (χ2v) is 3.26. The van der Waals surface area contributed by atoms with E-state index in [9.17, 15) is 4.79 Å². The molecule has 0 spiro atoms. The van der Waals surface area contributed by atoms with Crippen LogP contribution >= 0.6 is 0 Å². The van der Waals surface area contributed by atoms with Crippen molar-refractivity contribution in [3.05, 3.63) is 48.0 Å². The number of rotatable bonds is 5. The molecule has 1 amide bonds. The van der Waals surface area contributed by atoms with Gasteiger partial charge in [0.2, 0.25) is 0 Å². The van der Waals surface area contributed by atoms with Crippen molar-refractivity contribution >= 4 is 6.09 Å². The van der Waals surface area contributed by atoms with E-state index in [2.05, 4.69) is 11.9 Å². The summed E-state index contributed by atoms with van der Waals surface area (Å²) in [7, 11) is 0. The summed E-state index contributed by atoms with van der Waals surface area (Å²) in [5.74, 6) is 0. The lowest BCUT2D eigenvalue weighted by atomic mass is 10.1. The van der Waals surface area contributed by atoms with E-state index in [0.29, 0.717) is 13.1 Å². The molecule has 0 aliphatic rings. The molecular weight excluding hydrogens is 204 g/mol. The van der Waals surface area contributed by atoms with Crippen LogP contribution in [0.4, 0.5) is 4.79 Å². The maximum absolute atomic E-state index is 11.1. The summed E-state index contributed by atoms with van der Waals surface area (Å²) >= 11 is 0. The zero-order chi connectivity index (χ0) is 11.8. The lowest BCUT2D eigenvalue weighted by Gasteiger charge is -2.05. The van der Waals surface area contributed by atoms with Crippen molar-refractivity contribution in [2.75, 3.05) is 6.61 Å². The minimum atomic E-state index is -0.442. The number of nitrogens with one attached hydrogen (secondary N) is 1. The highest BCUT2D eigenvalue weighted by atomic mass is 16.5. The van der Waals surface area contributed by atoms with Gasteiger partial charge in [-0.3, -0.25) is 0 Å². The molecule has 0 aliphatic heterocycles. The number of benzene rings is 1. The van der Waals surface area contributed by atoms with Crippen LogP contribution in [0.3, 0.4) is 0 Å². The van der Waals surface area contributed by atoms with Gasteiger partial charge in [-0.25, -0.2) is 4.79 Å². The Morgan fingerprint density at radius 2 is 2.00 bits per heavy atom. The zero-order valence-electron chi connectivity index (χ0n) is 9.11. The van der Waals surface area contributed by atoms with Crippen LogP contribution in [0.25, 0.3) is 0 Å². The van der Waals surface area contributed by atoms with Crippen LogP contribution in [0.15, 0.2) is 36.9 Å². The molecule has 86 valence electrons. The molecule has 16 heavy (non-hydrogen) atoms. The highest BCUT2D eigenvalue weighted by Gasteiger charge is 2.00. The van der Waals surface area contributed by atoms with Gasteiger partial charge in [0.05, 0.1) is 0 Å². The third kappa shape index (κ3) is 4.14. The second kappa shape index (κ2) is 6.63. The normalized spacial score (nSPS) is 9.56. The Bertz CT molecular complexity index is 347. The molecule has 1 rings (SSSR count). The van der Waals surface area contributed by atoms with Crippen LogP contribution < -0.4 is 11.1 Å². The first-order chi connectivity index (χ1) is 7.76. The van der Waals surface area contributed by atoms with Crippen LogP contribution in [-0.2, 0) is 17.8 Å². The highest BCUT2D eigenvalue weighted by Crippen LogP contribution is 2.03. The van der Waals surface area contributed by atoms with E-state index in [4.69, 9.17) is 10.5 Å². The molecule has 1 aromatic rings. The Morgan fingerprint density at radius 3 is 2.56 bits per heavy atom. The van der Waals surface area contributed by atoms with Gasteiger partial charge in [-0.05, 0) is 11.1 Å². The van der Waals surface area contributed by atoms with Gasteiger partial charge in [-0.2, -0.15) is 0 Å². The van der Waals surface area contributed by atoms with Crippen LogP contribution in [-0.4, -0.2) is 12.7 Å². The van der Waals surface area contributed by atoms with Crippen LogP contribution in [0.2, 0.25) is 0 Å². The van der Waals surface area contributed by atoms with E-state index in [1.165, 1.54) is 6.08 Å². The SMILES string of the molecule is C=CCOC(=O)NCc1ccc(CN)cc1. The number of hydrogen-bond donors (Lipinski definition) is 2. The number of carbonyl (C=O) groups excluding carboxylic acids is 1. The van der Waals surface area contributed by atoms with Gasteiger partial charge >= 0.3 is 6.09 Å². The topological polar surface area (TPSA) is 64.3 Å². The minimum absolute atomic E-state index is 0.220. The maximum atomic E-state index is 11.1. The molecule has 0 fully saturated rings. The molecule has 4 heteroatoms. The molecule has 0 radical (unpaired) electrons. The monoisotopic (exact) mass is 220 g/mol. The maximum Gasteiger partial charge on any atom is 0.407 e. The van der Waals surface area contributed by atoms with Gasteiger partial charge in [0, 0.05) is 13.1 Å². The fourth-order valence-corrected chi connectivity index (χ4v) is 1.15. The zero-order valence-corrected chi connectivity index (χ0v) is 9.11. The van der Waals surface area contributed by atoms with Gasteiger partial charge in [-0.1, -0.05) is 36.9 Å². The van der Waals surface area contributed by atoms with Crippen molar-refractivity contribution in [1.29, 1.82) is 0 Å². The van der Waals surface area contributed by atoms with Gasteiger partial charge in [0.1, 0.15) is 6.61 Å². The number of alkyl carbamates (subject to hydrolysis) is 1. The quantitative estimate of drug-likeness (QED) is 0.740. The smallest absolute Gasteiger partial charge is 0.407 e. The third-order valence-electron chi connectivity index (χ3n) is 2.03. The minimum Gasteiger partial charge on any atom is -0.445 e. The third-order valence-corrected chi connectivity index (χ3v) is 2.03. The van der Waals surface area contributed by atoms with Crippen molar-refractivity contribution in [2.45, 2.75) is 13.1 Å².